The zero-order chi connectivity index (χ0) is 15.4. The maximum Gasteiger partial charge on any atom is 0.210 e. The Morgan fingerprint density at radius 3 is 2.20 bits per heavy atom. The summed E-state index contributed by atoms with van der Waals surface area (Å²) >= 11 is 0. The highest BCUT2D eigenvalue weighted by Gasteiger charge is 2.11. The summed E-state index contributed by atoms with van der Waals surface area (Å²) in [7, 11) is 0. The summed E-state index contributed by atoms with van der Waals surface area (Å²) in [5.41, 5.74) is 0.935. The molecular weight excluding hydrogens is 250 g/mol. The number of hydrogen-bond donors (Lipinski definition) is 2. The Hall–Kier alpha value is -1.03. The van der Waals surface area contributed by atoms with E-state index in [9.17, 15) is 0 Å². The van der Waals surface area contributed by atoms with E-state index in [0.29, 0.717) is 18.4 Å². The molecule has 0 amide bonds. The van der Waals surface area contributed by atoms with Crippen LogP contribution in [0, 0.1) is 11.3 Å². The molecule has 0 spiro atoms. The fourth-order valence-corrected chi connectivity index (χ4v) is 2.03. The molecule has 0 unspecified atom stereocenters. The Morgan fingerprint density at radius 1 is 1.15 bits per heavy atom. The van der Waals surface area contributed by atoms with Gasteiger partial charge in [0.2, 0.25) is 5.90 Å². The molecule has 0 saturated heterocycles. The average molecular weight is 283 g/mol. The first kappa shape index (κ1) is 19.0. The van der Waals surface area contributed by atoms with Gasteiger partial charge in [-0.25, -0.2) is 0 Å². The van der Waals surface area contributed by atoms with Crippen LogP contribution in [0.25, 0.3) is 0 Å². The van der Waals surface area contributed by atoms with Gasteiger partial charge in [-0.3, -0.25) is 10.3 Å². The molecule has 0 aromatic heterocycles. The zero-order valence-corrected chi connectivity index (χ0v) is 14.0. The fourth-order valence-electron chi connectivity index (χ4n) is 2.03. The van der Waals surface area contributed by atoms with Crippen LogP contribution in [0.1, 0.15) is 47.5 Å². The maximum absolute atomic E-state index is 8.05. The number of hydrogen-bond acceptors (Lipinski definition) is 4. The lowest BCUT2D eigenvalue weighted by Crippen LogP contribution is -2.30. The summed E-state index contributed by atoms with van der Waals surface area (Å²) in [5, 5.41) is 11.2. The molecule has 0 radical (unpaired) electrons. The first-order valence-electron chi connectivity index (χ1n) is 7.94. The highest BCUT2D eigenvalue weighted by atomic mass is 16.5. The number of rotatable bonds is 11. The third-order valence-corrected chi connectivity index (χ3v) is 3.08. The predicted octanol–water partition coefficient (Wildman–Crippen LogP) is 3.25. The van der Waals surface area contributed by atoms with Crippen molar-refractivity contribution in [3.63, 3.8) is 0 Å². The molecule has 0 aromatic carbocycles. The van der Waals surface area contributed by atoms with Gasteiger partial charge in [0.1, 0.15) is 6.61 Å². The van der Waals surface area contributed by atoms with E-state index in [2.05, 4.69) is 37.9 Å². The maximum atomic E-state index is 8.05. The largest absolute Gasteiger partial charge is 0.476 e. The second-order valence-corrected chi connectivity index (χ2v) is 5.33. The summed E-state index contributed by atoms with van der Waals surface area (Å²) in [6.45, 7) is 15.2. The molecule has 0 aliphatic heterocycles. The second kappa shape index (κ2) is 11.8. The molecule has 4 nitrogen and oxygen atoms in total. The van der Waals surface area contributed by atoms with Gasteiger partial charge in [-0.1, -0.05) is 27.7 Å². The van der Waals surface area contributed by atoms with Crippen molar-refractivity contribution in [2.75, 3.05) is 32.8 Å². The molecule has 0 fully saturated rings. The van der Waals surface area contributed by atoms with Crippen molar-refractivity contribution in [1.29, 1.82) is 5.41 Å². The van der Waals surface area contributed by atoms with Crippen molar-refractivity contribution >= 4 is 5.90 Å². The van der Waals surface area contributed by atoms with Crippen LogP contribution in [0.15, 0.2) is 11.8 Å². The molecule has 0 heterocycles. The lowest BCUT2D eigenvalue weighted by Gasteiger charge is -2.21. The summed E-state index contributed by atoms with van der Waals surface area (Å²) in [4.78, 5) is 2.40. The van der Waals surface area contributed by atoms with E-state index in [1.807, 2.05) is 13.1 Å². The van der Waals surface area contributed by atoms with Crippen LogP contribution in [0.4, 0.5) is 0 Å². The molecule has 0 saturated carbocycles. The van der Waals surface area contributed by atoms with Gasteiger partial charge in [-0.15, -0.1) is 0 Å². The molecule has 20 heavy (non-hydrogen) atoms. The second-order valence-electron chi connectivity index (χ2n) is 5.33. The van der Waals surface area contributed by atoms with Crippen LogP contribution >= 0.6 is 0 Å². The van der Waals surface area contributed by atoms with Gasteiger partial charge in [0.25, 0.3) is 0 Å². The first-order chi connectivity index (χ1) is 9.56. The molecule has 0 atom stereocenters. The minimum absolute atomic E-state index is 0.295. The van der Waals surface area contributed by atoms with Crippen LogP contribution in [0.3, 0.4) is 0 Å². The number of nitrogens with one attached hydrogen (secondary N) is 2. The summed E-state index contributed by atoms with van der Waals surface area (Å²) < 4.78 is 5.62. The third-order valence-electron chi connectivity index (χ3n) is 3.08. The Kier molecular flexibility index (Phi) is 11.2. The Morgan fingerprint density at radius 2 is 1.75 bits per heavy atom. The zero-order valence-electron chi connectivity index (χ0n) is 14.0. The van der Waals surface area contributed by atoms with E-state index >= 15 is 0 Å². The molecule has 0 bridgehead atoms. The molecule has 0 aliphatic carbocycles. The summed E-state index contributed by atoms with van der Waals surface area (Å²) in [6, 6.07) is 0. The number of ether oxygens (including phenoxy) is 1. The first-order valence-corrected chi connectivity index (χ1v) is 7.94. The minimum atomic E-state index is 0.295. The van der Waals surface area contributed by atoms with Gasteiger partial charge in [-0.05, 0) is 38.8 Å². The van der Waals surface area contributed by atoms with Gasteiger partial charge >= 0.3 is 0 Å². The molecule has 4 heteroatoms. The van der Waals surface area contributed by atoms with Crippen molar-refractivity contribution < 1.29 is 4.74 Å². The van der Waals surface area contributed by atoms with Crippen LogP contribution in [0.5, 0.6) is 0 Å². The van der Waals surface area contributed by atoms with Crippen molar-refractivity contribution in [2.24, 2.45) is 5.92 Å². The highest BCUT2D eigenvalue weighted by molar-refractivity contribution is 5.91. The van der Waals surface area contributed by atoms with Gasteiger partial charge in [-0.2, -0.15) is 0 Å². The Labute approximate surface area is 125 Å². The molecule has 0 rings (SSSR count). The molecule has 0 aliphatic rings. The predicted molar refractivity (Wildman–Crippen MR) is 87.3 cm³/mol. The lowest BCUT2D eigenvalue weighted by molar-refractivity contribution is 0.201. The topological polar surface area (TPSA) is 48.4 Å². The summed E-state index contributed by atoms with van der Waals surface area (Å²) in [5.74, 6) is 0.595. The molecule has 0 aromatic rings. The van der Waals surface area contributed by atoms with E-state index in [-0.39, 0.29) is 0 Å². The van der Waals surface area contributed by atoms with E-state index in [1.54, 1.807) is 0 Å². The average Bonchev–Trinajstić information content (AvgIpc) is 2.39. The Balaban J connectivity index is 4.23. The van der Waals surface area contributed by atoms with Crippen LogP contribution in [0.2, 0.25) is 0 Å². The van der Waals surface area contributed by atoms with Crippen LogP contribution in [-0.2, 0) is 4.74 Å². The number of nitrogens with zero attached hydrogens (tertiary/aromatic N) is 1. The van der Waals surface area contributed by atoms with Crippen molar-refractivity contribution in [3.05, 3.63) is 11.8 Å². The monoisotopic (exact) mass is 283 g/mol. The minimum Gasteiger partial charge on any atom is -0.476 e. The summed E-state index contributed by atoms with van der Waals surface area (Å²) in [6.07, 6.45) is 4.23. The van der Waals surface area contributed by atoms with E-state index in [1.165, 1.54) is 0 Å². The molecule has 118 valence electrons. The van der Waals surface area contributed by atoms with Crippen molar-refractivity contribution in [1.82, 2.24) is 10.2 Å². The van der Waals surface area contributed by atoms with Gasteiger partial charge < -0.3 is 10.1 Å². The lowest BCUT2D eigenvalue weighted by atomic mass is 10.0. The SMILES string of the molecule is CCCN(CCC)CCOC(=N)/C(=C\NCC)C(C)C. The van der Waals surface area contributed by atoms with E-state index in [0.717, 1.165) is 44.6 Å². The quantitative estimate of drug-likeness (QED) is 0.452. The molecule has 2 N–H and O–H groups in total. The van der Waals surface area contributed by atoms with Gasteiger partial charge in [0.15, 0.2) is 0 Å². The van der Waals surface area contributed by atoms with Crippen LogP contribution in [-0.4, -0.2) is 43.6 Å². The van der Waals surface area contributed by atoms with Gasteiger partial charge in [0, 0.05) is 24.9 Å². The van der Waals surface area contributed by atoms with Crippen molar-refractivity contribution in [2.45, 2.75) is 47.5 Å². The standard InChI is InChI=1S/C16H33N3O/c1-6-9-19(10-7-2)11-12-20-16(17)15(14(4)5)13-18-8-3/h13-14,17-18H,6-12H2,1-5H3/b15-13-,17-16?. The van der Waals surface area contributed by atoms with Crippen LogP contribution < -0.4 is 5.32 Å². The highest BCUT2D eigenvalue weighted by Crippen LogP contribution is 2.10. The van der Waals surface area contributed by atoms with Gasteiger partial charge in [0.05, 0.1) is 0 Å². The Bertz CT molecular complexity index is 281. The van der Waals surface area contributed by atoms with E-state index < -0.39 is 0 Å². The van der Waals surface area contributed by atoms with E-state index in [4.69, 9.17) is 10.1 Å². The molecular formula is C16H33N3O. The fraction of sp³-hybridized carbons (Fsp3) is 0.812. The normalized spacial score (nSPS) is 12.1. The third kappa shape index (κ3) is 8.20. The van der Waals surface area contributed by atoms with Crippen molar-refractivity contribution in [3.8, 4) is 0 Å². The smallest absolute Gasteiger partial charge is 0.210 e.